The third-order valence-corrected chi connectivity index (χ3v) is 8.32. The molecule has 1 saturated carbocycles. The monoisotopic (exact) mass is 416 g/mol. The minimum Gasteiger partial charge on any atom is -0.490 e. The molecule has 29 heavy (non-hydrogen) atoms. The average molecular weight is 417 g/mol. The quantitative estimate of drug-likeness (QED) is 0.752. The summed E-state index contributed by atoms with van der Waals surface area (Å²) in [6, 6.07) is 8.39. The van der Waals surface area contributed by atoms with Crippen molar-refractivity contribution in [3.63, 3.8) is 0 Å². The summed E-state index contributed by atoms with van der Waals surface area (Å²) in [6.45, 7) is 2.36. The van der Waals surface area contributed by atoms with Gasteiger partial charge in [-0.3, -0.25) is 4.79 Å². The summed E-state index contributed by atoms with van der Waals surface area (Å²) in [4.78, 5) is 14.5. The fourth-order valence-corrected chi connectivity index (χ4v) is 6.39. The Hall–Kier alpha value is -2.02. The van der Waals surface area contributed by atoms with Gasteiger partial charge in [-0.1, -0.05) is 6.07 Å². The molecule has 7 heteroatoms. The van der Waals surface area contributed by atoms with Gasteiger partial charge in [-0.25, -0.2) is 8.42 Å². The first-order chi connectivity index (χ1) is 14.0. The number of nitrogens with zero attached hydrogens (tertiary/aromatic N) is 2. The Bertz CT molecular complexity index is 1020. The van der Waals surface area contributed by atoms with Crippen LogP contribution in [0.5, 0.6) is 5.75 Å². The fraction of sp³-hybridized carbons (Fsp3) is 0.591. The molecule has 1 atom stereocenters. The number of fused-ring (bicyclic) bond motifs is 1. The number of hydrogen-bond acceptors (Lipinski definition) is 4. The minimum atomic E-state index is -3.03. The molecule has 2 saturated heterocycles. The standard InChI is InChI=1S/C22H28N2O4S/c25-22(17-9-13-29(26,27)15-17)23-10-6-18(7-11-23)28-21-3-1-2-20-19(21)8-12-24(20)14-16-4-5-16/h1-3,8,12,16-18H,4-7,9-11,13-15H2. The molecule has 0 bridgehead atoms. The van der Waals surface area contributed by atoms with E-state index in [1.165, 1.54) is 18.4 Å². The highest BCUT2D eigenvalue weighted by Gasteiger charge is 2.36. The first-order valence-corrected chi connectivity index (χ1v) is 12.5. The molecule has 3 aliphatic rings. The highest BCUT2D eigenvalue weighted by atomic mass is 32.2. The summed E-state index contributed by atoms with van der Waals surface area (Å²) in [6.07, 6.45) is 6.95. The minimum absolute atomic E-state index is 0.00350. The first kappa shape index (κ1) is 19.0. The molecule has 6 nitrogen and oxygen atoms in total. The van der Waals surface area contributed by atoms with Gasteiger partial charge in [-0.2, -0.15) is 0 Å². The Morgan fingerprint density at radius 2 is 1.86 bits per heavy atom. The highest BCUT2D eigenvalue weighted by Crippen LogP contribution is 2.34. The molecule has 0 N–H and O–H groups in total. The molecule has 3 heterocycles. The van der Waals surface area contributed by atoms with Gasteiger partial charge in [0.25, 0.3) is 0 Å². The molecule has 156 valence electrons. The van der Waals surface area contributed by atoms with Gasteiger partial charge in [0.15, 0.2) is 9.84 Å². The van der Waals surface area contributed by atoms with Crippen molar-refractivity contribution < 1.29 is 17.9 Å². The molecule has 3 fully saturated rings. The van der Waals surface area contributed by atoms with Crippen molar-refractivity contribution in [2.24, 2.45) is 11.8 Å². The second-order valence-electron chi connectivity index (χ2n) is 8.84. The molecular formula is C22H28N2O4S. The molecular weight excluding hydrogens is 388 g/mol. The van der Waals surface area contributed by atoms with E-state index in [0.29, 0.717) is 19.5 Å². The van der Waals surface area contributed by atoms with E-state index in [4.69, 9.17) is 4.74 Å². The van der Waals surface area contributed by atoms with Crippen LogP contribution >= 0.6 is 0 Å². The molecule has 1 aromatic heterocycles. The summed E-state index contributed by atoms with van der Waals surface area (Å²) in [5.74, 6) is 1.56. The van der Waals surface area contributed by atoms with Crippen molar-refractivity contribution >= 4 is 26.6 Å². The lowest BCUT2D eigenvalue weighted by atomic mass is 10.0. The zero-order chi connectivity index (χ0) is 20.0. The normalized spacial score (nSPS) is 24.8. The van der Waals surface area contributed by atoms with Crippen LogP contribution in [0.2, 0.25) is 0 Å². The van der Waals surface area contributed by atoms with Gasteiger partial charge in [-0.15, -0.1) is 0 Å². The average Bonchev–Trinajstić information content (AvgIpc) is 3.32. The summed E-state index contributed by atoms with van der Waals surface area (Å²) < 4.78 is 32.0. The van der Waals surface area contributed by atoms with Gasteiger partial charge < -0.3 is 14.2 Å². The van der Waals surface area contributed by atoms with Crippen LogP contribution in [-0.4, -0.2) is 54.5 Å². The Balaban J connectivity index is 1.21. The van der Waals surface area contributed by atoms with Gasteiger partial charge >= 0.3 is 0 Å². The maximum absolute atomic E-state index is 12.6. The zero-order valence-electron chi connectivity index (χ0n) is 16.6. The molecule has 0 spiro atoms. The maximum Gasteiger partial charge on any atom is 0.226 e. The number of benzene rings is 1. The Morgan fingerprint density at radius 3 is 2.55 bits per heavy atom. The fourth-order valence-electron chi connectivity index (χ4n) is 4.66. The zero-order valence-corrected chi connectivity index (χ0v) is 17.4. The van der Waals surface area contributed by atoms with Crippen molar-refractivity contribution in [1.82, 2.24) is 9.47 Å². The lowest BCUT2D eigenvalue weighted by Gasteiger charge is -2.33. The number of sulfone groups is 1. The van der Waals surface area contributed by atoms with Crippen LogP contribution in [0.25, 0.3) is 10.9 Å². The van der Waals surface area contributed by atoms with Crippen molar-refractivity contribution in [2.45, 2.75) is 44.8 Å². The maximum atomic E-state index is 12.6. The molecule has 1 unspecified atom stereocenters. The topological polar surface area (TPSA) is 68.6 Å². The number of piperidine rings is 1. The van der Waals surface area contributed by atoms with E-state index in [2.05, 4.69) is 29.0 Å². The Labute approximate surface area is 171 Å². The number of carbonyl (C=O) groups is 1. The molecule has 1 aromatic carbocycles. The van der Waals surface area contributed by atoms with Crippen LogP contribution in [0.1, 0.15) is 32.1 Å². The molecule has 2 aliphatic heterocycles. The number of amides is 1. The lowest BCUT2D eigenvalue weighted by molar-refractivity contribution is -0.136. The van der Waals surface area contributed by atoms with Crippen LogP contribution in [-0.2, 0) is 21.2 Å². The molecule has 5 rings (SSSR count). The van der Waals surface area contributed by atoms with Gasteiger partial charge in [0.2, 0.25) is 5.91 Å². The number of hydrogen-bond donors (Lipinski definition) is 0. The number of ether oxygens (including phenoxy) is 1. The number of carbonyl (C=O) groups excluding carboxylic acids is 1. The van der Waals surface area contributed by atoms with Crippen LogP contribution in [0, 0.1) is 11.8 Å². The van der Waals surface area contributed by atoms with Gasteiger partial charge in [-0.05, 0) is 43.4 Å². The summed E-state index contributed by atoms with van der Waals surface area (Å²) in [5, 5.41) is 1.16. The van der Waals surface area contributed by atoms with Crippen molar-refractivity contribution in [3.8, 4) is 5.75 Å². The van der Waals surface area contributed by atoms with Gasteiger partial charge in [0.05, 0.1) is 22.9 Å². The van der Waals surface area contributed by atoms with E-state index >= 15 is 0 Å². The second-order valence-corrected chi connectivity index (χ2v) is 11.1. The van der Waals surface area contributed by atoms with Crippen molar-refractivity contribution in [3.05, 3.63) is 30.5 Å². The Morgan fingerprint density at radius 1 is 1.07 bits per heavy atom. The van der Waals surface area contributed by atoms with Gasteiger partial charge in [0, 0.05) is 44.1 Å². The summed E-state index contributed by atoms with van der Waals surface area (Å²) in [5.41, 5.74) is 1.23. The van der Waals surface area contributed by atoms with Crippen LogP contribution in [0.4, 0.5) is 0 Å². The van der Waals surface area contributed by atoms with E-state index in [0.717, 1.165) is 36.4 Å². The Kier molecular flexibility index (Phi) is 4.81. The second kappa shape index (κ2) is 7.35. The van der Waals surface area contributed by atoms with E-state index < -0.39 is 9.84 Å². The summed E-state index contributed by atoms with van der Waals surface area (Å²) in [7, 11) is -3.03. The predicted molar refractivity (Wildman–Crippen MR) is 112 cm³/mol. The largest absolute Gasteiger partial charge is 0.490 e. The molecule has 1 aliphatic carbocycles. The van der Waals surface area contributed by atoms with Crippen LogP contribution in [0.15, 0.2) is 30.5 Å². The van der Waals surface area contributed by atoms with E-state index in [1.807, 2.05) is 11.0 Å². The smallest absolute Gasteiger partial charge is 0.226 e. The van der Waals surface area contributed by atoms with Gasteiger partial charge in [0.1, 0.15) is 11.9 Å². The molecule has 0 radical (unpaired) electrons. The van der Waals surface area contributed by atoms with E-state index in [-0.39, 0.29) is 29.4 Å². The predicted octanol–water partition coefficient (Wildman–Crippen LogP) is 2.86. The van der Waals surface area contributed by atoms with Crippen LogP contribution < -0.4 is 4.74 Å². The van der Waals surface area contributed by atoms with E-state index in [9.17, 15) is 13.2 Å². The SMILES string of the molecule is O=C(C1CCS(=O)(=O)C1)N1CCC(Oc2cccc3c2ccn3CC2CC2)CC1. The summed E-state index contributed by atoms with van der Waals surface area (Å²) >= 11 is 0. The number of likely N-dealkylation sites (tertiary alicyclic amines) is 1. The van der Waals surface area contributed by atoms with Crippen molar-refractivity contribution in [1.29, 1.82) is 0 Å². The lowest BCUT2D eigenvalue weighted by Crippen LogP contribution is -2.44. The highest BCUT2D eigenvalue weighted by molar-refractivity contribution is 7.91. The number of rotatable bonds is 5. The van der Waals surface area contributed by atoms with Crippen molar-refractivity contribution in [2.75, 3.05) is 24.6 Å². The van der Waals surface area contributed by atoms with Crippen LogP contribution in [0.3, 0.4) is 0 Å². The third-order valence-electron chi connectivity index (χ3n) is 6.55. The number of aromatic nitrogens is 1. The van der Waals surface area contributed by atoms with E-state index in [1.54, 1.807) is 0 Å². The first-order valence-electron chi connectivity index (χ1n) is 10.7. The third kappa shape index (κ3) is 4.02. The molecule has 1 amide bonds. The molecule has 2 aromatic rings.